The molecule has 1 heterocycles. The van der Waals surface area contributed by atoms with Crippen LogP contribution in [0.2, 0.25) is 0 Å². The van der Waals surface area contributed by atoms with Crippen molar-refractivity contribution in [1.29, 1.82) is 0 Å². The van der Waals surface area contributed by atoms with Gasteiger partial charge in [-0.3, -0.25) is 4.79 Å². The van der Waals surface area contributed by atoms with Gasteiger partial charge in [-0.15, -0.1) is 11.3 Å². The van der Waals surface area contributed by atoms with Gasteiger partial charge in [-0.05, 0) is 43.7 Å². The normalized spacial score (nSPS) is 10.4. The third-order valence-corrected chi connectivity index (χ3v) is 4.91. The van der Waals surface area contributed by atoms with Crippen LogP contribution in [-0.4, -0.2) is 25.1 Å². The zero-order valence-corrected chi connectivity index (χ0v) is 16.5. The Balaban J connectivity index is 1.89. The van der Waals surface area contributed by atoms with Crippen LogP contribution in [-0.2, 0) is 4.74 Å². The molecule has 1 N–H and O–H groups in total. The highest BCUT2D eigenvalue weighted by Crippen LogP contribution is 2.36. The molecule has 5 nitrogen and oxygen atoms in total. The van der Waals surface area contributed by atoms with E-state index in [-0.39, 0.29) is 12.5 Å². The minimum Gasteiger partial charge on any atom is -0.494 e. The van der Waals surface area contributed by atoms with Crippen LogP contribution in [0.5, 0.6) is 5.75 Å². The summed E-state index contributed by atoms with van der Waals surface area (Å²) >= 11 is 1.30. The van der Waals surface area contributed by atoms with E-state index in [1.165, 1.54) is 11.3 Å². The Hall–Kier alpha value is -3.12. The summed E-state index contributed by atoms with van der Waals surface area (Å²) in [6.07, 6.45) is 0. The number of rotatable bonds is 7. The van der Waals surface area contributed by atoms with Gasteiger partial charge in [0.05, 0.1) is 13.2 Å². The number of nitrogens with one attached hydrogen (secondary N) is 1. The van der Waals surface area contributed by atoms with E-state index >= 15 is 0 Å². The van der Waals surface area contributed by atoms with Crippen LogP contribution in [0.25, 0.3) is 11.1 Å². The van der Waals surface area contributed by atoms with Crippen molar-refractivity contribution in [3.05, 3.63) is 71.1 Å². The number of thiophene rings is 1. The first-order valence-corrected chi connectivity index (χ1v) is 9.90. The van der Waals surface area contributed by atoms with E-state index in [9.17, 15) is 9.59 Å². The Labute approximate surface area is 167 Å². The molecule has 0 spiro atoms. The first-order valence-electron chi connectivity index (χ1n) is 9.02. The minimum absolute atomic E-state index is 0.259. The SMILES string of the molecule is CCOC(=O)c1c(-c2ccccc2)csc1NC(=O)c1ccc(OCC)cc1. The molecule has 0 aliphatic rings. The van der Waals surface area contributed by atoms with Crippen molar-refractivity contribution in [2.45, 2.75) is 13.8 Å². The van der Waals surface area contributed by atoms with Crippen LogP contribution in [0.1, 0.15) is 34.6 Å². The molecular formula is C22H21NO4S. The first kappa shape index (κ1) is 19.6. The molecule has 0 atom stereocenters. The number of carbonyl (C=O) groups excluding carboxylic acids is 2. The number of esters is 1. The van der Waals surface area contributed by atoms with Crippen molar-refractivity contribution in [3.8, 4) is 16.9 Å². The summed E-state index contributed by atoms with van der Waals surface area (Å²) in [5.74, 6) is -0.0478. The average Bonchev–Trinajstić information content (AvgIpc) is 3.13. The zero-order valence-electron chi connectivity index (χ0n) is 15.7. The summed E-state index contributed by atoms with van der Waals surface area (Å²) in [7, 11) is 0. The van der Waals surface area contributed by atoms with Gasteiger partial charge in [-0.2, -0.15) is 0 Å². The Morgan fingerprint density at radius 3 is 2.32 bits per heavy atom. The fraction of sp³-hybridized carbons (Fsp3) is 0.182. The lowest BCUT2D eigenvalue weighted by Gasteiger charge is -2.09. The fourth-order valence-electron chi connectivity index (χ4n) is 2.73. The number of amides is 1. The van der Waals surface area contributed by atoms with E-state index in [1.807, 2.05) is 42.6 Å². The highest BCUT2D eigenvalue weighted by molar-refractivity contribution is 7.15. The summed E-state index contributed by atoms with van der Waals surface area (Å²) in [6, 6.07) is 16.4. The molecule has 0 unspecified atom stereocenters. The third-order valence-electron chi connectivity index (χ3n) is 4.01. The Bertz CT molecular complexity index is 948. The molecule has 0 fully saturated rings. The van der Waals surface area contributed by atoms with Gasteiger partial charge >= 0.3 is 5.97 Å². The molecule has 2 aromatic carbocycles. The van der Waals surface area contributed by atoms with Crippen molar-refractivity contribution in [2.75, 3.05) is 18.5 Å². The van der Waals surface area contributed by atoms with E-state index < -0.39 is 5.97 Å². The van der Waals surface area contributed by atoms with Gasteiger partial charge in [0, 0.05) is 16.5 Å². The Morgan fingerprint density at radius 1 is 0.964 bits per heavy atom. The molecule has 0 aliphatic heterocycles. The Morgan fingerprint density at radius 2 is 1.68 bits per heavy atom. The lowest BCUT2D eigenvalue weighted by Crippen LogP contribution is -2.14. The number of hydrogen-bond donors (Lipinski definition) is 1. The van der Waals surface area contributed by atoms with Gasteiger partial charge in [0.15, 0.2) is 0 Å². The second-order valence-corrected chi connectivity index (χ2v) is 6.73. The van der Waals surface area contributed by atoms with Crippen molar-refractivity contribution in [3.63, 3.8) is 0 Å². The average molecular weight is 395 g/mol. The van der Waals surface area contributed by atoms with Crippen LogP contribution >= 0.6 is 11.3 Å². The first-order chi connectivity index (χ1) is 13.6. The van der Waals surface area contributed by atoms with Crippen LogP contribution in [0.4, 0.5) is 5.00 Å². The molecule has 3 aromatic rings. The quantitative estimate of drug-likeness (QED) is 0.556. The molecule has 144 valence electrons. The summed E-state index contributed by atoms with van der Waals surface area (Å²) < 4.78 is 10.6. The molecule has 3 rings (SSSR count). The number of carbonyl (C=O) groups is 2. The summed E-state index contributed by atoms with van der Waals surface area (Å²) in [4.78, 5) is 25.2. The van der Waals surface area contributed by atoms with Crippen molar-refractivity contribution in [2.24, 2.45) is 0 Å². The van der Waals surface area contributed by atoms with E-state index in [4.69, 9.17) is 9.47 Å². The molecule has 0 saturated heterocycles. The van der Waals surface area contributed by atoms with E-state index in [1.54, 1.807) is 31.2 Å². The predicted octanol–water partition coefficient (Wildman–Crippen LogP) is 5.24. The maximum atomic E-state index is 12.7. The van der Waals surface area contributed by atoms with Crippen LogP contribution in [0.15, 0.2) is 60.0 Å². The summed E-state index contributed by atoms with van der Waals surface area (Å²) in [6.45, 7) is 4.48. The predicted molar refractivity (Wildman–Crippen MR) is 111 cm³/mol. The van der Waals surface area contributed by atoms with Crippen molar-refractivity contribution in [1.82, 2.24) is 0 Å². The van der Waals surface area contributed by atoms with Gasteiger partial charge in [0.25, 0.3) is 5.91 Å². The standard InChI is InChI=1S/C22H21NO4S/c1-3-26-17-12-10-16(11-13-17)20(24)23-21-19(22(25)27-4-2)18(14-28-21)15-8-6-5-7-9-15/h5-14H,3-4H2,1-2H3,(H,23,24). The topological polar surface area (TPSA) is 64.6 Å². The third kappa shape index (κ3) is 4.40. The van der Waals surface area contributed by atoms with Gasteiger partial charge in [-0.1, -0.05) is 30.3 Å². The number of ether oxygens (including phenoxy) is 2. The maximum absolute atomic E-state index is 12.7. The molecule has 28 heavy (non-hydrogen) atoms. The van der Waals surface area contributed by atoms with Crippen LogP contribution < -0.4 is 10.1 Å². The van der Waals surface area contributed by atoms with Crippen molar-refractivity contribution < 1.29 is 19.1 Å². The van der Waals surface area contributed by atoms with Crippen LogP contribution in [0, 0.1) is 0 Å². The molecule has 0 radical (unpaired) electrons. The molecular weight excluding hydrogens is 374 g/mol. The molecule has 0 saturated carbocycles. The number of anilines is 1. The molecule has 1 aromatic heterocycles. The Kier molecular flexibility index (Phi) is 6.45. The van der Waals surface area contributed by atoms with E-state index in [2.05, 4.69) is 5.32 Å². The lowest BCUT2D eigenvalue weighted by molar-refractivity contribution is 0.0529. The highest BCUT2D eigenvalue weighted by Gasteiger charge is 2.23. The van der Waals surface area contributed by atoms with E-state index in [0.717, 1.165) is 11.1 Å². The highest BCUT2D eigenvalue weighted by atomic mass is 32.1. The number of benzene rings is 2. The molecule has 0 aliphatic carbocycles. The molecule has 6 heteroatoms. The summed E-state index contributed by atoms with van der Waals surface area (Å²) in [5, 5.41) is 5.17. The molecule has 1 amide bonds. The van der Waals surface area contributed by atoms with Gasteiger partial charge in [-0.25, -0.2) is 4.79 Å². The smallest absolute Gasteiger partial charge is 0.341 e. The fourth-order valence-corrected chi connectivity index (χ4v) is 3.68. The zero-order chi connectivity index (χ0) is 19.9. The van der Waals surface area contributed by atoms with Crippen molar-refractivity contribution >= 4 is 28.2 Å². The maximum Gasteiger partial charge on any atom is 0.341 e. The second-order valence-electron chi connectivity index (χ2n) is 5.85. The largest absolute Gasteiger partial charge is 0.494 e. The van der Waals surface area contributed by atoms with Gasteiger partial charge in [0.2, 0.25) is 0 Å². The monoisotopic (exact) mass is 395 g/mol. The van der Waals surface area contributed by atoms with Gasteiger partial charge < -0.3 is 14.8 Å². The lowest BCUT2D eigenvalue weighted by atomic mass is 10.0. The van der Waals surface area contributed by atoms with Gasteiger partial charge in [0.1, 0.15) is 16.3 Å². The summed E-state index contributed by atoms with van der Waals surface area (Å²) in [5.41, 5.74) is 2.49. The van der Waals surface area contributed by atoms with Crippen LogP contribution in [0.3, 0.4) is 0 Å². The number of hydrogen-bond acceptors (Lipinski definition) is 5. The minimum atomic E-state index is -0.454. The molecule has 0 bridgehead atoms. The van der Waals surface area contributed by atoms with E-state index in [0.29, 0.717) is 28.5 Å². The second kappa shape index (κ2) is 9.19.